The molecule has 0 saturated carbocycles. The minimum absolute atomic E-state index is 0.106. The molecule has 0 aliphatic carbocycles. The summed E-state index contributed by atoms with van der Waals surface area (Å²) in [6.45, 7) is 2.28. The van der Waals surface area contributed by atoms with Crippen LogP contribution < -0.4 is 11.1 Å². The van der Waals surface area contributed by atoms with Gasteiger partial charge in [0, 0.05) is 18.2 Å². The second kappa shape index (κ2) is 5.18. The summed E-state index contributed by atoms with van der Waals surface area (Å²) in [6.07, 6.45) is 0. The van der Waals surface area contributed by atoms with Crippen molar-refractivity contribution in [3.05, 3.63) is 34.9 Å². The summed E-state index contributed by atoms with van der Waals surface area (Å²) in [5.74, 6) is 5.61. The summed E-state index contributed by atoms with van der Waals surface area (Å²) >= 11 is 0. The molecule has 1 aromatic rings. The summed E-state index contributed by atoms with van der Waals surface area (Å²) in [4.78, 5) is 11.4. The average Bonchev–Trinajstić information content (AvgIpc) is 2.27. The SMILES string of the molecule is CNC(=O)c1ccc(C)c(C#CCN)c1. The van der Waals surface area contributed by atoms with Crippen molar-refractivity contribution < 1.29 is 4.79 Å². The number of hydrogen-bond donors (Lipinski definition) is 2. The van der Waals surface area contributed by atoms with E-state index in [0.717, 1.165) is 11.1 Å². The van der Waals surface area contributed by atoms with E-state index in [2.05, 4.69) is 17.2 Å². The molecule has 78 valence electrons. The van der Waals surface area contributed by atoms with E-state index in [4.69, 9.17) is 5.73 Å². The molecule has 3 N–H and O–H groups in total. The first-order valence-electron chi connectivity index (χ1n) is 4.70. The van der Waals surface area contributed by atoms with Crippen molar-refractivity contribution in [2.24, 2.45) is 5.73 Å². The standard InChI is InChI=1S/C12H14N2O/c1-9-5-6-11(12(15)14-2)8-10(9)4-3-7-13/h5-6,8H,7,13H2,1-2H3,(H,14,15). The van der Waals surface area contributed by atoms with Crippen molar-refractivity contribution in [2.45, 2.75) is 6.92 Å². The van der Waals surface area contributed by atoms with Crippen LogP contribution in [0.3, 0.4) is 0 Å². The van der Waals surface area contributed by atoms with Gasteiger partial charge >= 0.3 is 0 Å². The molecule has 1 amide bonds. The Morgan fingerprint density at radius 3 is 2.87 bits per heavy atom. The third kappa shape index (κ3) is 2.83. The predicted molar refractivity (Wildman–Crippen MR) is 60.5 cm³/mol. The normalized spacial score (nSPS) is 9.00. The van der Waals surface area contributed by atoms with Gasteiger partial charge in [0.1, 0.15) is 0 Å². The van der Waals surface area contributed by atoms with E-state index in [9.17, 15) is 4.79 Å². The first-order valence-corrected chi connectivity index (χ1v) is 4.70. The van der Waals surface area contributed by atoms with Crippen molar-refractivity contribution in [3.8, 4) is 11.8 Å². The molecular formula is C12H14N2O. The number of amides is 1. The van der Waals surface area contributed by atoms with E-state index in [-0.39, 0.29) is 5.91 Å². The van der Waals surface area contributed by atoms with Gasteiger partial charge in [-0.2, -0.15) is 0 Å². The number of aryl methyl sites for hydroxylation is 1. The summed E-state index contributed by atoms with van der Waals surface area (Å²) in [5, 5.41) is 2.57. The summed E-state index contributed by atoms with van der Waals surface area (Å²) in [5.41, 5.74) is 7.81. The molecule has 3 heteroatoms. The molecule has 15 heavy (non-hydrogen) atoms. The van der Waals surface area contributed by atoms with Crippen LogP contribution in [0, 0.1) is 18.8 Å². The fourth-order valence-corrected chi connectivity index (χ4v) is 1.19. The van der Waals surface area contributed by atoms with Crippen molar-refractivity contribution >= 4 is 5.91 Å². The number of carbonyl (C=O) groups is 1. The molecule has 3 nitrogen and oxygen atoms in total. The lowest BCUT2D eigenvalue weighted by Crippen LogP contribution is -2.17. The average molecular weight is 202 g/mol. The number of nitrogens with one attached hydrogen (secondary N) is 1. The van der Waals surface area contributed by atoms with Crippen molar-refractivity contribution in [1.29, 1.82) is 0 Å². The van der Waals surface area contributed by atoms with Gasteiger partial charge in [-0.3, -0.25) is 4.79 Å². The van der Waals surface area contributed by atoms with Crippen molar-refractivity contribution in [1.82, 2.24) is 5.32 Å². The second-order valence-electron chi connectivity index (χ2n) is 3.11. The first kappa shape index (κ1) is 11.3. The molecule has 0 saturated heterocycles. The topological polar surface area (TPSA) is 55.1 Å². The Labute approximate surface area is 89.7 Å². The molecule has 0 heterocycles. The lowest BCUT2D eigenvalue weighted by Gasteiger charge is -2.02. The molecule has 0 bridgehead atoms. The highest BCUT2D eigenvalue weighted by atomic mass is 16.1. The summed E-state index contributed by atoms with van der Waals surface area (Å²) in [6, 6.07) is 5.43. The Morgan fingerprint density at radius 1 is 1.53 bits per heavy atom. The van der Waals surface area contributed by atoms with Crippen LogP contribution in [0.5, 0.6) is 0 Å². The highest BCUT2D eigenvalue weighted by molar-refractivity contribution is 5.94. The lowest BCUT2D eigenvalue weighted by atomic mass is 10.0. The molecule has 0 aromatic heterocycles. The van der Waals surface area contributed by atoms with Gasteiger partial charge < -0.3 is 11.1 Å². The Bertz CT molecular complexity index is 427. The number of benzene rings is 1. The Kier molecular flexibility index (Phi) is 3.90. The molecule has 0 aliphatic heterocycles. The Balaban J connectivity index is 3.10. The third-order valence-corrected chi connectivity index (χ3v) is 2.05. The van der Waals surface area contributed by atoms with Crippen LogP contribution >= 0.6 is 0 Å². The molecule has 0 atom stereocenters. The molecule has 0 radical (unpaired) electrons. The molecule has 0 fully saturated rings. The van der Waals surface area contributed by atoms with Crippen LogP contribution in [0.1, 0.15) is 21.5 Å². The maximum absolute atomic E-state index is 11.4. The Hall–Kier alpha value is -1.79. The van der Waals surface area contributed by atoms with E-state index in [1.54, 1.807) is 19.2 Å². The molecule has 0 unspecified atom stereocenters. The third-order valence-electron chi connectivity index (χ3n) is 2.05. The van der Waals surface area contributed by atoms with E-state index in [1.165, 1.54) is 0 Å². The van der Waals surface area contributed by atoms with Gasteiger partial charge in [-0.25, -0.2) is 0 Å². The Morgan fingerprint density at radius 2 is 2.27 bits per heavy atom. The van der Waals surface area contributed by atoms with Crippen molar-refractivity contribution in [3.63, 3.8) is 0 Å². The van der Waals surface area contributed by atoms with Crippen molar-refractivity contribution in [2.75, 3.05) is 13.6 Å². The number of nitrogens with two attached hydrogens (primary N) is 1. The summed E-state index contributed by atoms with van der Waals surface area (Å²) in [7, 11) is 1.60. The van der Waals surface area contributed by atoms with E-state index in [1.807, 2.05) is 13.0 Å². The van der Waals surface area contributed by atoms with Crippen LogP contribution in [0.25, 0.3) is 0 Å². The van der Waals surface area contributed by atoms with Gasteiger partial charge in [0.15, 0.2) is 0 Å². The zero-order valence-electron chi connectivity index (χ0n) is 8.92. The van der Waals surface area contributed by atoms with Gasteiger partial charge in [-0.15, -0.1) is 0 Å². The van der Waals surface area contributed by atoms with Crippen LogP contribution in [0.15, 0.2) is 18.2 Å². The van der Waals surface area contributed by atoms with E-state index < -0.39 is 0 Å². The van der Waals surface area contributed by atoms with Crippen LogP contribution in [-0.4, -0.2) is 19.5 Å². The predicted octanol–water partition coefficient (Wildman–Crippen LogP) is 0.665. The molecule has 1 aromatic carbocycles. The number of rotatable bonds is 1. The van der Waals surface area contributed by atoms with Crippen LogP contribution in [-0.2, 0) is 0 Å². The number of carbonyl (C=O) groups excluding carboxylic acids is 1. The van der Waals surface area contributed by atoms with Gasteiger partial charge in [0.2, 0.25) is 0 Å². The minimum atomic E-state index is -0.106. The molecule has 0 spiro atoms. The molecule has 1 rings (SSSR count). The zero-order chi connectivity index (χ0) is 11.3. The monoisotopic (exact) mass is 202 g/mol. The van der Waals surface area contributed by atoms with Crippen LogP contribution in [0.2, 0.25) is 0 Å². The zero-order valence-corrected chi connectivity index (χ0v) is 8.92. The van der Waals surface area contributed by atoms with Gasteiger partial charge in [0.25, 0.3) is 5.91 Å². The van der Waals surface area contributed by atoms with Gasteiger partial charge in [-0.05, 0) is 24.6 Å². The highest BCUT2D eigenvalue weighted by Gasteiger charge is 2.04. The number of hydrogen-bond acceptors (Lipinski definition) is 2. The smallest absolute Gasteiger partial charge is 0.251 e. The minimum Gasteiger partial charge on any atom is -0.355 e. The van der Waals surface area contributed by atoms with E-state index >= 15 is 0 Å². The van der Waals surface area contributed by atoms with Crippen LogP contribution in [0.4, 0.5) is 0 Å². The summed E-state index contributed by atoms with van der Waals surface area (Å²) < 4.78 is 0. The second-order valence-corrected chi connectivity index (χ2v) is 3.11. The highest BCUT2D eigenvalue weighted by Crippen LogP contribution is 2.09. The maximum atomic E-state index is 11.4. The van der Waals surface area contributed by atoms with Gasteiger partial charge in [-0.1, -0.05) is 17.9 Å². The molecular weight excluding hydrogens is 188 g/mol. The fourth-order valence-electron chi connectivity index (χ4n) is 1.19. The van der Waals surface area contributed by atoms with E-state index in [0.29, 0.717) is 12.1 Å². The largest absolute Gasteiger partial charge is 0.355 e. The lowest BCUT2D eigenvalue weighted by molar-refractivity contribution is 0.0963. The maximum Gasteiger partial charge on any atom is 0.251 e. The van der Waals surface area contributed by atoms with Gasteiger partial charge in [0.05, 0.1) is 6.54 Å². The molecule has 0 aliphatic rings. The fraction of sp³-hybridized carbons (Fsp3) is 0.250. The quantitative estimate of drug-likeness (QED) is 0.657. The first-order chi connectivity index (χ1) is 7.19.